The fourth-order valence-electron chi connectivity index (χ4n) is 1.74. The monoisotopic (exact) mass is 500 g/mol. The van der Waals surface area contributed by atoms with Gasteiger partial charge in [-0.15, -0.1) is 0 Å². The number of carbonyl (C=O) groups excluding carboxylic acids is 2. The van der Waals surface area contributed by atoms with Gasteiger partial charge in [0.1, 0.15) is 0 Å². The molecule has 1 rings (SSSR count). The summed E-state index contributed by atoms with van der Waals surface area (Å²) in [5.74, 6) is -33.0. The molecule has 0 spiro atoms. The fourth-order valence-corrected chi connectivity index (χ4v) is 1.74. The van der Waals surface area contributed by atoms with Crippen molar-refractivity contribution in [3.8, 4) is 0 Å². The minimum Gasteiger partial charge on any atom is -0.321 e. The molecular formula is C14H6F14N2O2. The van der Waals surface area contributed by atoms with Gasteiger partial charge in [0.25, 0.3) is 0 Å². The highest BCUT2D eigenvalue weighted by atomic mass is 19.4. The summed E-state index contributed by atoms with van der Waals surface area (Å²) >= 11 is 0. The van der Waals surface area contributed by atoms with Crippen LogP contribution in [0.15, 0.2) is 24.3 Å². The van der Waals surface area contributed by atoms with E-state index >= 15 is 0 Å². The van der Waals surface area contributed by atoms with Gasteiger partial charge in [-0.2, -0.15) is 61.5 Å². The molecule has 2 amide bonds. The zero-order valence-corrected chi connectivity index (χ0v) is 14.4. The second-order valence-corrected chi connectivity index (χ2v) is 5.78. The first-order valence-corrected chi connectivity index (χ1v) is 7.38. The van der Waals surface area contributed by atoms with Crippen LogP contribution in [0, 0.1) is 0 Å². The zero-order chi connectivity index (χ0) is 25.6. The lowest BCUT2D eigenvalue weighted by Crippen LogP contribution is -2.58. The molecule has 0 unspecified atom stereocenters. The first kappa shape index (κ1) is 27.2. The van der Waals surface area contributed by atoms with E-state index in [0.29, 0.717) is 18.2 Å². The third-order valence-electron chi connectivity index (χ3n) is 3.45. The first-order valence-electron chi connectivity index (χ1n) is 7.38. The van der Waals surface area contributed by atoms with Crippen molar-refractivity contribution in [1.29, 1.82) is 0 Å². The summed E-state index contributed by atoms with van der Waals surface area (Å²) in [5, 5.41) is 1.66. The number of halogens is 14. The minimum atomic E-state index is -6.88. The Morgan fingerprint density at radius 2 is 0.844 bits per heavy atom. The third-order valence-corrected chi connectivity index (χ3v) is 3.45. The van der Waals surface area contributed by atoms with Crippen LogP contribution in [0.3, 0.4) is 0 Å². The number of hydrogen-bond acceptors (Lipinski definition) is 2. The Hall–Kier alpha value is -2.82. The highest BCUT2D eigenvalue weighted by Gasteiger charge is 2.77. The Morgan fingerprint density at radius 3 is 1.09 bits per heavy atom. The van der Waals surface area contributed by atoms with Crippen LogP contribution in [-0.4, -0.2) is 47.9 Å². The predicted molar refractivity (Wildman–Crippen MR) is 75.6 cm³/mol. The maximum atomic E-state index is 13.2. The van der Waals surface area contributed by atoms with E-state index in [1.165, 1.54) is 0 Å². The Morgan fingerprint density at radius 1 is 0.562 bits per heavy atom. The summed E-state index contributed by atoms with van der Waals surface area (Å²) in [6.07, 6.45) is -13.8. The Labute approximate surface area is 166 Å². The summed E-state index contributed by atoms with van der Waals surface area (Å²) in [7, 11) is 0. The number of alkyl halides is 14. The summed E-state index contributed by atoms with van der Waals surface area (Å²) in [6, 6.07) is 1.63. The minimum absolute atomic E-state index is 0.111. The Bertz CT molecular complexity index is 808. The van der Waals surface area contributed by atoms with Gasteiger partial charge in [-0.05, 0) is 18.2 Å². The molecule has 0 aliphatic carbocycles. The van der Waals surface area contributed by atoms with Gasteiger partial charge in [-0.25, -0.2) is 0 Å². The smallest absolute Gasteiger partial charge is 0.321 e. The summed E-state index contributed by atoms with van der Waals surface area (Å²) in [4.78, 5) is 22.4. The van der Waals surface area contributed by atoms with E-state index in [1.54, 1.807) is 0 Å². The maximum absolute atomic E-state index is 13.2. The number of carbonyl (C=O) groups is 2. The number of rotatable bonds is 6. The normalized spacial score (nSPS) is 14.2. The Kier molecular flexibility index (Phi) is 6.76. The molecule has 0 aliphatic heterocycles. The quantitative estimate of drug-likeness (QED) is 0.526. The van der Waals surface area contributed by atoms with E-state index in [9.17, 15) is 71.1 Å². The topological polar surface area (TPSA) is 58.2 Å². The van der Waals surface area contributed by atoms with Crippen molar-refractivity contribution >= 4 is 23.2 Å². The van der Waals surface area contributed by atoms with Crippen LogP contribution >= 0.6 is 0 Å². The molecule has 1 aromatic rings. The van der Waals surface area contributed by atoms with Gasteiger partial charge in [-0.1, -0.05) is 6.07 Å². The summed E-state index contributed by atoms with van der Waals surface area (Å²) < 4.78 is 177. The molecule has 0 saturated heterocycles. The molecule has 0 heterocycles. The highest BCUT2D eigenvalue weighted by Crippen LogP contribution is 2.48. The van der Waals surface area contributed by atoms with Crippen molar-refractivity contribution in [2.24, 2.45) is 0 Å². The van der Waals surface area contributed by atoms with Gasteiger partial charge >= 0.3 is 47.9 Å². The lowest BCUT2D eigenvalue weighted by Gasteiger charge is -2.27. The average Bonchev–Trinajstić information content (AvgIpc) is 2.59. The molecular weight excluding hydrogens is 494 g/mol. The van der Waals surface area contributed by atoms with Crippen LogP contribution < -0.4 is 10.6 Å². The van der Waals surface area contributed by atoms with Gasteiger partial charge in [0, 0.05) is 11.4 Å². The van der Waals surface area contributed by atoms with Gasteiger partial charge in [0.2, 0.25) is 0 Å². The van der Waals surface area contributed by atoms with Crippen LogP contribution in [0.1, 0.15) is 0 Å². The lowest BCUT2D eigenvalue weighted by atomic mass is 10.1. The van der Waals surface area contributed by atoms with E-state index in [1.807, 2.05) is 0 Å². The third kappa shape index (κ3) is 4.67. The SMILES string of the molecule is O=C(Nc1cccc(NC(=O)C(F)(F)C(F)(F)C(F)(F)F)c1)C(F)(F)C(F)(F)C(F)(F)F. The van der Waals surface area contributed by atoms with Gasteiger partial charge in [0.15, 0.2) is 0 Å². The van der Waals surface area contributed by atoms with Crippen molar-refractivity contribution in [2.45, 2.75) is 36.0 Å². The van der Waals surface area contributed by atoms with E-state index < -0.39 is 59.2 Å². The second-order valence-electron chi connectivity index (χ2n) is 5.78. The van der Waals surface area contributed by atoms with Crippen molar-refractivity contribution < 1.29 is 71.1 Å². The molecule has 32 heavy (non-hydrogen) atoms. The largest absolute Gasteiger partial charge is 0.460 e. The maximum Gasteiger partial charge on any atom is 0.460 e. The van der Waals surface area contributed by atoms with Crippen LogP contribution in [0.5, 0.6) is 0 Å². The molecule has 1 aromatic carbocycles. The van der Waals surface area contributed by atoms with Crippen molar-refractivity contribution in [1.82, 2.24) is 0 Å². The average molecular weight is 500 g/mol. The molecule has 0 fully saturated rings. The lowest BCUT2D eigenvalue weighted by molar-refractivity contribution is -0.343. The molecule has 0 bridgehead atoms. The van der Waals surface area contributed by atoms with E-state index in [2.05, 4.69) is 0 Å². The molecule has 2 N–H and O–H groups in total. The van der Waals surface area contributed by atoms with Gasteiger partial charge in [-0.3, -0.25) is 9.59 Å². The van der Waals surface area contributed by atoms with Gasteiger partial charge in [0.05, 0.1) is 0 Å². The second kappa shape index (κ2) is 7.95. The van der Waals surface area contributed by atoms with Crippen molar-refractivity contribution in [3.63, 3.8) is 0 Å². The van der Waals surface area contributed by atoms with Crippen molar-refractivity contribution in [3.05, 3.63) is 24.3 Å². The standard InChI is InChI=1S/C14H6F14N2O2/c15-9(16,11(19,20)13(23,24)25)7(31)29-5-2-1-3-6(4-5)30-8(32)10(17,18)12(21,22)14(26,27)28/h1-4H,(H,29,31)(H,30,32). The molecule has 0 atom stereocenters. The number of amides is 2. The number of nitrogens with one attached hydrogen (secondary N) is 2. The zero-order valence-electron chi connectivity index (χ0n) is 14.4. The number of benzene rings is 1. The van der Waals surface area contributed by atoms with Gasteiger partial charge < -0.3 is 10.6 Å². The van der Waals surface area contributed by atoms with Crippen LogP contribution in [0.25, 0.3) is 0 Å². The summed E-state index contributed by atoms with van der Waals surface area (Å²) in [5.41, 5.74) is -2.31. The first-order chi connectivity index (χ1) is 14.0. The van der Waals surface area contributed by atoms with E-state index in [4.69, 9.17) is 0 Å². The highest BCUT2D eigenvalue weighted by molar-refractivity contribution is 5.99. The molecule has 0 saturated carbocycles. The van der Waals surface area contributed by atoms with E-state index in [-0.39, 0.29) is 6.07 Å². The van der Waals surface area contributed by atoms with E-state index in [0.717, 1.165) is 10.6 Å². The van der Waals surface area contributed by atoms with Crippen molar-refractivity contribution in [2.75, 3.05) is 10.6 Å². The number of anilines is 2. The van der Waals surface area contributed by atoms with Crippen LogP contribution in [0.4, 0.5) is 72.8 Å². The number of hydrogen-bond donors (Lipinski definition) is 2. The molecule has 0 aliphatic rings. The van der Waals surface area contributed by atoms with Crippen LogP contribution in [-0.2, 0) is 9.59 Å². The Balaban J connectivity index is 3.12. The molecule has 182 valence electrons. The fraction of sp³-hybridized carbons (Fsp3) is 0.429. The molecule has 4 nitrogen and oxygen atoms in total. The van der Waals surface area contributed by atoms with Crippen LogP contribution in [0.2, 0.25) is 0 Å². The molecule has 0 radical (unpaired) electrons. The molecule has 0 aromatic heterocycles. The predicted octanol–water partition coefficient (Wildman–Crippen LogP) is 5.23. The molecule has 18 heteroatoms. The summed E-state index contributed by atoms with van der Waals surface area (Å²) in [6.45, 7) is 0.